The molecule has 0 aliphatic carbocycles. The van der Waals surface area contributed by atoms with E-state index in [2.05, 4.69) is 17.0 Å². The molecule has 0 aromatic heterocycles. The molecule has 1 aliphatic rings. The molecule has 5 nitrogen and oxygen atoms in total. The number of hydrogen-bond donors (Lipinski definition) is 0. The third kappa shape index (κ3) is 5.74. The Morgan fingerprint density at radius 2 is 1.66 bits per heavy atom. The Morgan fingerprint density at radius 1 is 1.03 bits per heavy atom. The van der Waals surface area contributed by atoms with Crippen LogP contribution in [-0.2, 0) is 20.7 Å². The van der Waals surface area contributed by atoms with E-state index in [1.807, 2.05) is 48.5 Å². The summed E-state index contributed by atoms with van der Waals surface area (Å²) >= 11 is 0. The number of benzene rings is 2. The van der Waals surface area contributed by atoms with Crippen LogP contribution in [0.5, 0.6) is 0 Å². The van der Waals surface area contributed by atoms with Gasteiger partial charge in [0.25, 0.3) is 0 Å². The van der Waals surface area contributed by atoms with Gasteiger partial charge in [0.1, 0.15) is 5.54 Å². The Labute approximate surface area is 190 Å². The number of carbonyl (C=O) groups excluding carboxylic acids is 2. The lowest BCUT2D eigenvalue weighted by Gasteiger charge is -2.46. The van der Waals surface area contributed by atoms with Crippen molar-refractivity contribution in [2.75, 3.05) is 37.8 Å². The second-order valence-electron chi connectivity index (χ2n) is 8.21. The number of likely N-dealkylation sites (tertiary alicyclic amines) is 1. The first-order valence-electron chi connectivity index (χ1n) is 11.5. The van der Waals surface area contributed by atoms with E-state index in [1.165, 1.54) is 5.56 Å². The lowest BCUT2D eigenvalue weighted by Crippen LogP contribution is -2.63. The van der Waals surface area contributed by atoms with Gasteiger partial charge in [0.15, 0.2) is 0 Å². The van der Waals surface area contributed by atoms with Crippen LogP contribution < -0.4 is 4.90 Å². The average molecular weight is 440 g/mol. The first-order chi connectivity index (χ1) is 15.6. The third-order valence-electron chi connectivity index (χ3n) is 6.13. The normalized spacial score (nSPS) is 15.8. The molecular weight excluding hydrogens is 406 g/mol. The molecule has 0 unspecified atom stereocenters. The number of ether oxygens (including phenoxy) is 1. The summed E-state index contributed by atoms with van der Waals surface area (Å²) in [5.74, 6) is -0.546. The van der Waals surface area contributed by atoms with E-state index in [0.717, 1.165) is 13.0 Å². The molecule has 1 amide bonds. The van der Waals surface area contributed by atoms with Crippen LogP contribution >= 0.6 is 0 Å². The molecular formula is C26H33FN2O3. The molecule has 0 spiro atoms. The summed E-state index contributed by atoms with van der Waals surface area (Å²) in [5, 5.41) is 0. The van der Waals surface area contributed by atoms with Gasteiger partial charge < -0.3 is 9.64 Å². The van der Waals surface area contributed by atoms with Gasteiger partial charge in [0, 0.05) is 38.2 Å². The van der Waals surface area contributed by atoms with E-state index in [-0.39, 0.29) is 25.4 Å². The highest BCUT2D eigenvalue weighted by Gasteiger charge is 2.50. The maximum absolute atomic E-state index is 13.4. The average Bonchev–Trinajstić information content (AvgIpc) is 2.85. The van der Waals surface area contributed by atoms with Gasteiger partial charge in [-0.15, -0.1) is 0 Å². The fourth-order valence-electron chi connectivity index (χ4n) is 4.32. The number of piperidine rings is 1. The molecule has 2 aromatic rings. The zero-order chi connectivity index (χ0) is 22.8. The largest absolute Gasteiger partial charge is 0.464 e. The van der Waals surface area contributed by atoms with Crippen molar-refractivity contribution in [3.63, 3.8) is 0 Å². The minimum Gasteiger partial charge on any atom is -0.464 e. The maximum Gasteiger partial charge on any atom is 0.332 e. The molecule has 1 saturated heterocycles. The van der Waals surface area contributed by atoms with E-state index in [4.69, 9.17) is 4.74 Å². The molecule has 0 saturated carbocycles. The Morgan fingerprint density at radius 3 is 2.25 bits per heavy atom. The Bertz CT molecular complexity index is 852. The Kier molecular flexibility index (Phi) is 8.80. The van der Waals surface area contributed by atoms with Crippen LogP contribution in [0.2, 0.25) is 0 Å². The van der Waals surface area contributed by atoms with Crippen LogP contribution in [-0.4, -0.2) is 55.2 Å². The Balaban J connectivity index is 1.80. The summed E-state index contributed by atoms with van der Waals surface area (Å²) in [6, 6.07) is 19.6. The molecule has 2 aromatic carbocycles. The number of anilines is 1. The third-order valence-corrected chi connectivity index (χ3v) is 6.13. The maximum atomic E-state index is 13.4. The zero-order valence-corrected chi connectivity index (χ0v) is 18.8. The van der Waals surface area contributed by atoms with E-state index in [9.17, 15) is 14.0 Å². The summed E-state index contributed by atoms with van der Waals surface area (Å²) in [6.45, 7) is 3.55. The van der Waals surface area contributed by atoms with Crippen molar-refractivity contribution >= 4 is 17.6 Å². The number of hydrogen-bond acceptors (Lipinski definition) is 4. The summed E-state index contributed by atoms with van der Waals surface area (Å²) in [4.78, 5) is 30.4. The minimum absolute atomic E-state index is 0.0255. The fraction of sp³-hybridized carbons (Fsp3) is 0.462. The first-order valence-corrected chi connectivity index (χ1v) is 11.5. The number of alkyl halides is 1. The van der Waals surface area contributed by atoms with E-state index in [1.54, 1.807) is 11.8 Å². The van der Waals surface area contributed by atoms with Crippen LogP contribution in [0.15, 0.2) is 60.7 Å². The number of halogens is 1. The number of rotatable bonds is 10. The minimum atomic E-state index is -1.08. The van der Waals surface area contributed by atoms with Crippen molar-refractivity contribution in [2.45, 2.75) is 44.6 Å². The number of nitrogens with zero attached hydrogens (tertiary/aromatic N) is 2. The van der Waals surface area contributed by atoms with Gasteiger partial charge in [-0.25, -0.2) is 4.79 Å². The van der Waals surface area contributed by atoms with Crippen LogP contribution in [0.4, 0.5) is 10.1 Å². The monoisotopic (exact) mass is 439 g/mol. The van der Waals surface area contributed by atoms with Gasteiger partial charge in [0.2, 0.25) is 5.91 Å². The number of amides is 1. The van der Waals surface area contributed by atoms with Crippen molar-refractivity contribution in [2.24, 2.45) is 0 Å². The summed E-state index contributed by atoms with van der Waals surface area (Å²) in [5.41, 5.74) is 0.898. The second kappa shape index (κ2) is 11.8. The molecule has 1 heterocycles. The number of para-hydroxylation sites is 1. The van der Waals surface area contributed by atoms with Crippen LogP contribution in [0, 0.1) is 0 Å². The summed E-state index contributed by atoms with van der Waals surface area (Å²) < 4.78 is 18.1. The van der Waals surface area contributed by atoms with Gasteiger partial charge in [-0.2, -0.15) is 0 Å². The molecule has 172 valence electrons. The van der Waals surface area contributed by atoms with E-state index < -0.39 is 18.2 Å². The highest BCUT2D eigenvalue weighted by Crippen LogP contribution is 2.35. The van der Waals surface area contributed by atoms with Crippen LogP contribution in [0.25, 0.3) is 0 Å². The topological polar surface area (TPSA) is 49.9 Å². The number of esters is 1. The predicted octanol–water partition coefficient (Wildman–Crippen LogP) is 4.41. The van der Waals surface area contributed by atoms with Gasteiger partial charge >= 0.3 is 5.97 Å². The highest BCUT2D eigenvalue weighted by molar-refractivity contribution is 6.02. The van der Waals surface area contributed by atoms with Gasteiger partial charge in [-0.1, -0.05) is 55.5 Å². The van der Waals surface area contributed by atoms with Crippen molar-refractivity contribution in [3.05, 3.63) is 66.2 Å². The van der Waals surface area contributed by atoms with Crippen LogP contribution in [0.1, 0.15) is 38.2 Å². The SMILES string of the molecule is CCC(=O)N(c1ccccc1)C1(C(=O)OCCC[18F])CCN(CCc2ccccc2)CC1. The molecule has 3 rings (SSSR count). The van der Waals surface area contributed by atoms with Gasteiger partial charge in [-0.3, -0.25) is 14.1 Å². The zero-order valence-electron chi connectivity index (χ0n) is 18.8. The van der Waals surface area contributed by atoms with Crippen molar-refractivity contribution in [1.29, 1.82) is 0 Å². The number of carbonyl (C=O) groups is 2. The molecule has 6 heteroatoms. The van der Waals surface area contributed by atoms with Crippen LogP contribution in [0.3, 0.4) is 0 Å². The summed E-state index contributed by atoms with van der Waals surface area (Å²) in [6.07, 6.45) is 2.35. The van der Waals surface area contributed by atoms with E-state index >= 15 is 0 Å². The lowest BCUT2D eigenvalue weighted by molar-refractivity contribution is -0.154. The molecule has 0 bridgehead atoms. The second-order valence-corrected chi connectivity index (χ2v) is 8.21. The fourth-order valence-corrected chi connectivity index (χ4v) is 4.32. The molecule has 1 aliphatic heterocycles. The summed E-state index contributed by atoms with van der Waals surface area (Å²) in [7, 11) is 0. The molecule has 0 N–H and O–H groups in total. The molecule has 0 atom stereocenters. The Hall–Kier alpha value is -2.73. The van der Waals surface area contributed by atoms with Gasteiger partial charge in [0.05, 0.1) is 13.3 Å². The molecule has 0 radical (unpaired) electrons. The van der Waals surface area contributed by atoms with Crippen molar-refractivity contribution < 1.29 is 18.7 Å². The van der Waals surface area contributed by atoms with Gasteiger partial charge in [-0.05, 0) is 37.0 Å². The molecule has 32 heavy (non-hydrogen) atoms. The first kappa shape index (κ1) is 23.9. The standard InChI is InChI=1S/C26H33FN2O3/c1-2-24(30)29(23-12-7-4-8-13-23)26(25(31)32-21-9-17-27)15-19-28(20-16-26)18-14-22-10-5-3-6-11-22/h3-8,10-13H,2,9,14-21H2,1H3/i27-1. The lowest BCUT2D eigenvalue weighted by atomic mass is 9.84. The van der Waals surface area contributed by atoms with E-state index in [0.29, 0.717) is 31.6 Å². The smallest absolute Gasteiger partial charge is 0.332 e. The van der Waals surface area contributed by atoms with Crippen molar-refractivity contribution in [3.8, 4) is 0 Å². The quantitative estimate of drug-likeness (QED) is 0.406. The highest BCUT2D eigenvalue weighted by atomic mass is 18.2. The van der Waals surface area contributed by atoms with Crippen molar-refractivity contribution in [1.82, 2.24) is 4.90 Å². The predicted molar refractivity (Wildman–Crippen MR) is 124 cm³/mol. The molecule has 1 fully saturated rings.